The van der Waals surface area contributed by atoms with Crippen molar-refractivity contribution in [2.75, 3.05) is 18.0 Å². The number of pyridine rings is 2. The number of aromatic amines is 1. The van der Waals surface area contributed by atoms with E-state index in [1.54, 1.807) is 39.1 Å². The van der Waals surface area contributed by atoms with Crippen LogP contribution in [0.15, 0.2) is 48.8 Å². The number of hydrogen-bond acceptors (Lipinski definition) is 7. The van der Waals surface area contributed by atoms with Gasteiger partial charge in [0.1, 0.15) is 17.3 Å². The first kappa shape index (κ1) is 26.4. The first-order chi connectivity index (χ1) is 18.6. The lowest BCUT2D eigenvalue weighted by Crippen LogP contribution is -2.25. The Morgan fingerprint density at radius 1 is 1.21 bits per heavy atom. The van der Waals surface area contributed by atoms with Crippen LogP contribution >= 0.6 is 0 Å². The predicted octanol–water partition coefficient (Wildman–Crippen LogP) is 4.12. The number of H-pyrrole nitrogens is 1. The number of ketones is 1. The number of carbonyl (C=O) groups is 2. The lowest BCUT2D eigenvalue weighted by Gasteiger charge is -2.17. The third kappa shape index (κ3) is 5.65. The summed E-state index contributed by atoms with van der Waals surface area (Å²) < 4.78 is 15.2. The lowest BCUT2D eigenvalue weighted by atomic mass is 10.0. The van der Waals surface area contributed by atoms with Crippen molar-refractivity contribution in [1.29, 1.82) is 0 Å². The number of anilines is 1. The fraction of sp³-hybridized carbons (Fsp3) is 0.345. The summed E-state index contributed by atoms with van der Waals surface area (Å²) in [5.41, 5.74) is 2.12. The van der Waals surface area contributed by atoms with E-state index in [2.05, 4.69) is 30.4 Å². The molecular weight excluding hydrogens is 499 g/mol. The number of fused-ring (bicyclic) bond motifs is 1. The Morgan fingerprint density at radius 2 is 2.03 bits per heavy atom. The monoisotopic (exact) mass is 530 g/mol. The molecular formula is C29H31FN6O3. The fourth-order valence-corrected chi connectivity index (χ4v) is 5.02. The molecule has 1 fully saturated rings. The second-order valence-corrected chi connectivity index (χ2v) is 10.6. The molecule has 1 aliphatic heterocycles. The van der Waals surface area contributed by atoms with Gasteiger partial charge in [0, 0.05) is 49.6 Å². The number of amides is 1. The van der Waals surface area contributed by atoms with Crippen LogP contribution in [0.25, 0.3) is 22.2 Å². The third-order valence-electron chi connectivity index (χ3n) is 7.11. The summed E-state index contributed by atoms with van der Waals surface area (Å²) in [7, 11) is 0. The van der Waals surface area contributed by atoms with Crippen molar-refractivity contribution in [3.63, 3.8) is 0 Å². The highest BCUT2D eigenvalue weighted by molar-refractivity contribution is 6.00. The number of aromatic nitrogens is 4. The summed E-state index contributed by atoms with van der Waals surface area (Å²) in [5, 5.41) is 21.1. The summed E-state index contributed by atoms with van der Waals surface area (Å²) >= 11 is 0. The van der Waals surface area contributed by atoms with E-state index < -0.39 is 17.3 Å². The van der Waals surface area contributed by atoms with E-state index in [1.165, 1.54) is 18.3 Å². The highest BCUT2D eigenvalue weighted by Crippen LogP contribution is 2.36. The zero-order chi connectivity index (χ0) is 27.7. The molecule has 10 heteroatoms. The van der Waals surface area contributed by atoms with Crippen molar-refractivity contribution in [3.8, 4) is 11.1 Å². The van der Waals surface area contributed by atoms with E-state index in [1.807, 2.05) is 12.1 Å². The van der Waals surface area contributed by atoms with Gasteiger partial charge in [0.2, 0.25) is 0 Å². The van der Waals surface area contributed by atoms with E-state index in [-0.39, 0.29) is 23.9 Å². The molecule has 0 aliphatic carbocycles. The molecule has 1 atom stereocenters. The van der Waals surface area contributed by atoms with Gasteiger partial charge in [0.05, 0.1) is 11.0 Å². The Kier molecular flexibility index (Phi) is 7.14. The first-order valence-corrected chi connectivity index (χ1v) is 12.9. The average molecular weight is 531 g/mol. The van der Waals surface area contributed by atoms with Crippen molar-refractivity contribution < 1.29 is 19.1 Å². The minimum Gasteiger partial charge on any atom is -0.386 e. The number of aliphatic hydroxyl groups is 1. The smallest absolute Gasteiger partial charge is 0.270 e. The van der Waals surface area contributed by atoms with Crippen LogP contribution in [0.2, 0.25) is 0 Å². The van der Waals surface area contributed by atoms with E-state index in [4.69, 9.17) is 0 Å². The number of halogens is 1. The lowest BCUT2D eigenvalue weighted by molar-refractivity contribution is -0.117. The third-order valence-corrected chi connectivity index (χ3v) is 7.11. The number of hydrogen-bond donors (Lipinski definition) is 3. The molecule has 3 aromatic heterocycles. The number of nitrogens with one attached hydrogen (secondary N) is 2. The summed E-state index contributed by atoms with van der Waals surface area (Å²) in [6.45, 7) is 6.40. The van der Waals surface area contributed by atoms with E-state index in [0.29, 0.717) is 28.8 Å². The van der Waals surface area contributed by atoms with Crippen LogP contribution in [0.1, 0.15) is 55.2 Å². The fourth-order valence-electron chi connectivity index (χ4n) is 5.02. The van der Waals surface area contributed by atoms with Crippen LogP contribution < -0.4 is 10.2 Å². The number of Topliss-reactive ketones (excluding diaryl/α,β-unsaturated/α-hetero) is 1. The quantitative estimate of drug-likeness (QED) is 0.313. The van der Waals surface area contributed by atoms with Crippen LogP contribution in [0.5, 0.6) is 0 Å². The van der Waals surface area contributed by atoms with Crippen molar-refractivity contribution in [2.24, 2.45) is 5.92 Å². The molecule has 0 bridgehead atoms. The Labute approximate surface area is 225 Å². The molecule has 1 amide bonds. The SMILES string of the molecule is CC(=O)C[C@@H]1CCN(c2n[nH]c3nccc(-c4ccc(CNC(=O)c5ccc(C(C)(C)O)cn5)c(F)c4)c23)C1. The van der Waals surface area contributed by atoms with Crippen LogP contribution in [-0.4, -0.2) is 50.1 Å². The van der Waals surface area contributed by atoms with E-state index >= 15 is 4.39 Å². The number of rotatable bonds is 8. The molecule has 4 aromatic rings. The van der Waals surface area contributed by atoms with Gasteiger partial charge in [0.15, 0.2) is 11.5 Å². The van der Waals surface area contributed by atoms with Crippen LogP contribution in [0, 0.1) is 11.7 Å². The van der Waals surface area contributed by atoms with Crippen LogP contribution in [-0.2, 0) is 16.9 Å². The first-order valence-electron chi connectivity index (χ1n) is 12.9. The zero-order valence-corrected chi connectivity index (χ0v) is 22.2. The molecule has 0 radical (unpaired) electrons. The molecule has 4 heterocycles. The zero-order valence-electron chi connectivity index (χ0n) is 22.2. The minimum absolute atomic E-state index is 0.00605. The van der Waals surface area contributed by atoms with Gasteiger partial charge < -0.3 is 20.1 Å². The van der Waals surface area contributed by atoms with Crippen molar-refractivity contribution >= 4 is 28.5 Å². The minimum atomic E-state index is -1.06. The van der Waals surface area contributed by atoms with Gasteiger partial charge in [-0.2, -0.15) is 5.10 Å². The maximum atomic E-state index is 15.2. The number of carbonyl (C=O) groups excluding carboxylic acids is 2. The van der Waals surface area contributed by atoms with Gasteiger partial charge in [-0.3, -0.25) is 14.9 Å². The Hall–Kier alpha value is -4.18. The second-order valence-electron chi connectivity index (χ2n) is 10.6. The molecule has 9 nitrogen and oxygen atoms in total. The normalized spacial score (nSPS) is 15.6. The van der Waals surface area contributed by atoms with Gasteiger partial charge in [-0.1, -0.05) is 18.2 Å². The molecule has 0 spiro atoms. The average Bonchev–Trinajstić information content (AvgIpc) is 3.53. The summed E-state index contributed by atoms with van der Waals surface area (Å²) in [6.07, 6.45) is 4.58. The molecule has 1 aromatic carbocycles. The van der Waals surface area contributed by atoms with E-state index in [0.717, 1.165) is 36.3 Å². The molecule has 3 N–H and O–H groups in total. The summed E-state index contributed by atoms with van der Waals surface area (Å²) in [6, 6.07) is 9.93. The molecule has 1 aliphatic rings. The number of benzene rings is 1. The van der Waals surface area contributed by atoms with Crippen molar-refractivity contribution in [2.45, 2.75) is 45.8 Å². The van der Waals surface area contributed by atoms with Gasteiger partial charge in [-0.05, 0) is 62.4 Å². The van der Waals surface area contributed by atoms with Crippen LogP contribution in [0.3, 0.4) is 0 Å². The van der Waals surface area contributed by atoms with Gasteiger partial charge in [0.25, 0.3) is 5.91 Å². The Bertz CT molecular complexity index is 1530. The van der Waals surface area contributed by atoms with Crippen molar-refractivity contribution in [3.05, 3.63) is 71.4 Å². The largest absolute Gasteiger partial charge is 0.386 e. The highest BCUT2D eigenvalue weighted by Gasteiger charge is 2.27. The maximum absolute atomic E-state index is 15.2. The maximum Gasteiger partial charge on any atom is 0.270 e. The Morgan fingerprint density at radius 3 is 2.72 bits per heavy atom. The molecule has 0 saturated carbocycles. The van der Waals surface area contributed by atoms with Gasteiger partial charge >= 0.3 is 0 Å². The van der Waals surface area contributed by atoms with Crippen LogP contribution in [0.4, 0.5) is 10.2 Å². The molecule has 5 rings (SSSR count). The highest BCUT2D eigenvalue weighted by atomic mass is 19.1. The molecule has 39 heavy (non-hydrogen) atoms. The van der Waals surface area contributed by atoms with Crippen molar-refractivity contribution in [1.82, 2.24) is 25.5 Å². The van der Waals surface area contributed by atoms with Gasteiger partial charge in [-0.15, -0.1) is 0 Å². The van der Waals surface area contributed by atoms with E-state index in [9.17, 15) is 14.7 Å². The Balaban J connectivity index is 1.33. The molecule has 1 saturated heterocycles. The molecule has 0 unspecified atom stereocenters. The standard InChI is InChI=1S/C29H31FN6O3/c1-17(37)12-18-9-11-36(16-18)27-25-22(8-10-31-26(25)34-35-27)19-4-5-20(23(30)13-19)14-33-28(38)24-7-6-21(15-32-24)29(2,3)39/h4-8,10,13,15,18,39H,9,11-12,14,16H2,1-3H3,(H,33,38)(H,31,34,35)/t18-/m0/s1. The second kappa shape index (κ2) is 10.5. The summed E-state index contributed by atoms with van der Waals surface area (Å²) in [4.78, 5) is 34.8. The predicted molar refractivity (Wildman–Crippen MR) is 146 cm³/mol. The summed E-state index contributed by atoms with van der Waals surface area (Å²) in [5.74, 6) is 0.335. The molecule has 202 valence electrons. The number of nitrogens with zero attached hydrogens (tertiary/aromatic N) is 4. The van der Waals surface area contributed by atoms with Gasteiger partial charge in [-0.25, -0.2) is 9.37 Å². The topological polar surface area (TPSA) is 124 Å².